The number of benzene rings is 6. The van der Waals surface area contributed by atoms with Crippen molar-refractivity contribution in [1.82, 2.24) is 0 Å². The molecular weight excluding hydrogens is 955 g/mol. The van der Waals surface area contributed by atoms with Crippen LogP contribution in [-0.4, -0.2) is 13.1 Å². The highest BCUT2D eigenvalue weighted by molar-refractivity contribution is 8.00. The minimum Gasteiger partial charge on any atom is -0.352 e. The molecule has 384 valence electrons. The summed E-state index contributed by atoms with van der Waals surface area (Å²) in [6.45, 7) is 47.7. The van der Waals surface area contributed by atoms with Crippen LogP contribution in [0.3, 0.4) is 0 Å². The average molecular weight is 1030 g/mol. The van der Waals surface area contributed by atoms with Crippen molar-refractivity contribution < 1.29 is 0 Å². The van der Waals surface area contributed by atoms with Crippen LogP contribution in [0, 0.1) is 23.7 Å². The summed E-state index contributed by atoms with van der Waals surface area (Å²) in [5.74, 6) is 15.4. The lowest BCUT2D eigenvalue weighted by Gasteiger charge is -2.35. The Kier molecular flexibility index (Phi) is 13.7. The Morgan fingerprint density at radius 3 is 0.919 bits per heavy atom. The first kappa shape index (κ1) is 53.7. The summed E-state index contributed by atoms with van der Waals surface area (Å²) in [5.41, 5.74) is 18.7. The average Bonchev–Trinajstić information content (AvgIpc) is 3.30. The molecule has 0 bridgehead atoms. The van der Waals surface area contributed by atoms with E-state index in [4.69, 9.17) is 0 Å². The monoisotopic (exact) mass is 1030 g/mol. The first-order valence-corrected chi connectivity index (χ1v) is 29.2. The van der Waals surface area contributed by atoms with Crippen LogP contribution in [0.5, 0.6) is 0 Å². The lowest BCUT2D eigenvalue weighted by Crippen LogP contribution is -2.23. The molecule has 0 aromatic heterocycles. The topological polar surface area (TPSA) is 18.5 Å². The standard InChI is InChI=1S/C68H79N3S3/c1-21-70-51-29-27-45(63(3,4)5)35-53(51)72-57-39-49(67(15,16)17)33-43(61(57)70)25-23-41-31-47(65(9,10)11)37-55-59(41)69-60-42(32-48(66(12,13)14)38-56(60)74-55)24-26-44-34-50(68(18,19)20)40-58-62(44)71(22-2)52-30-28-46(64(6,7)8)36-54(52)73-58/h27-40,69H,21-22H2,1-20H3. The van der Waals surface area contributed by atoms with Gasteiger partial charge in [0.2, 0.25) is 0 Å². The van der Waals surface area contributed by atoms with Crippen LogP contribution in [0.4, 0.5) is 34.1 Å². The minimum absolute atomic E-state index is 0.0602. The van der Waals surface area contributed by atoms with Gasteiger partial charge in [0.05, 0.1) is 45.3 Å². The highest BCUT2D eigenvalue weighted by Crippen LogP contribution is 2.55. The van der Waals surface area contributed by atoms with Crippen molar-refractivity contribution >= 4 is 69.4 Å². The number of hydrogen-bond acceptors (Lipinski definition) is 6. The Bertz CT molecular complexity index is 3160. The van der Waals surface area contributed by atoms with Crippen LogP contribution in [0.15, 0.2) is 114 Å². The summed E-state index contributed by atoms with van der Waals surface area (Å²) < 4.78 is 0. The van der Waals surface area contributed by atoms with Gasteiger partial charge in [0.25, 0.3) is 0 Å². The number of nitrogens with one attached hydrogen (secondary N) is 1. The predicted molar refractivity (Wildman–Crippen MR) is 324 cm³/mol. The van der Waals surface area contributed by atoms with Crippen LogP contribution in [0.2, 0.25) is 0 Å². The van der Waals surface area contributed by atoms with E-state index in [0.717, 1.165) is 46.7 Å². The fourth-order valence-corrected chi connectivity index (χ4v) is 13.5. The Balaban J connectivity index is 1.20. The Labute approximate surface area is 459 Å². The van der Waals surface area contributed by atoms with Gasteiger partial charge < -0.3 is 15.1 Å². The van der Waals surface area contributed by atoms with Gasteiger partial charge in [-0.3, -0.25) is 0 Å². The maximum atomic E-state index is 4.05. The number of hydrogen-bond donors (Lipinski definition) is 1. The van der Waals surface area contributed by atoms with Gasteiger partial charge in [-0.2, -0.15) is 0 Å². The molecule has 0 saturated carbocycles. The summed E-state index contributed by atoms with van der Waals surface area (Å²) in [6.07, 6.45) is 0. The van der Waals surface area contributed by atoms with Crippen molar-refractivity contribution in [2.45, 2.75) is 200 Å². The maximum Gasteiger partial charge on any atom is 0.0712 e. The van der Waals surface area contributed by atoms with E-state index < -0.39 is 0 Å². The van der Waals surface area contributed by atoms with Gasteiger partial charge in [-0.15, -0.1) is 0 Å². The van der Waals surface area contributed by atoms with Gasteiger partial charge in [0.1, 0.15) is 0 Å². The molecule has 0 atom stereocenters. The van der Waals surface area contributed by atoms with E-state index in [2.05, 4.69) is 262 Å². The SMILES string of the molecule is CCN1c2ccc(C(C)(C)C)cc2Sc2cc(C(C)(C)C)cc(C#Cc3cc(C(C)(C)C)cc4c3Nc3c(C#Cc5cc(C(C)(C)C)cc6c5N(CC)c5ccc(C(C)(C)C)cc5S6)cc(C(C)(C)C)cc3S4)c21. The second kappa shape index (κ2) is 18.9. The molecular formula is C68H79N3S3. The molecule has 9 rings (SSSR count). The number of nitrogens with zero attached hydrogens (tertiary/aromatic N) is 2. The summed E-state index contributed by atoms with van der Waals surface area (Å²) >= 11 is 5.64. The summed E-state index contributed by atoms with van der Waals surface area (Å²) in [6, 6.07) is 33.1. The largest absolute Gasteiger partial charge is 0.352 e. The molecule has 3 aliphatic rings. The Morgan fingerprint density at radius 1 is 0.338 bits per heavy atom. The van der Waals surface area contributed by atoms with Crippen molar-refractivity contribution in [1.29, 1.82) is 0 Å². The molecule has 6 heteroatoms. The first-order chi connectivity index (χ1) is 34.3. The lowest BCUT2D eigenvalue weighted by atomic mass is 9.84. The highest BCUT2D eigenvalue weighted by atomic mass is 32.2. The Morgan fingerprint density at radius 2 is 0.608 bits per heavy atom. The lowest BCUT2D eigenvalue weighted by molar-refractivity contribution is 0.587. The molecule has 74 heavy (non-hydrogen) atoms. The van der Waals surface area contributed by atoms with E-state index in [9.17, 15) is 0 Å². The van der Waals surface area contributed by atoms with Gasteiger partial charge in [-0.25, -0.2) is 0 Å². The fourth-order valence-electron chi connectivity index (χ4n) is 9.92. The molecule has 3 aliphatic heterocycles. The van der Waals surface area contributed by atoms with Crippen LogP contribution >= 0.6 is 35.3 Å². The fraction of sp³-hybridized carbons (Fsp3) is 0.412. The van der Waals surface area contributed by atoms with Crippen LogP contribution in [0.1, 0.15) is 194 Å². The summed E-state index contributed by atoms with van der Waals surface area (Å²) in [7, 11) is 0. The van der Waals surface area contributed by atoms with Gasteiger partial charge in [0, 0.05) is 53.6 Å². The quantitative estimate of drug-likeness (QED) is 0.173. The van der Waals surface area contributed by atoms with E-state index in [1.54, 1.807) is 0 Å². The van der Waals surface area contributed by atoms with Crippen molar-refractivity contribution in [3.63, 3.8) is 0 Å². The van der Waals surface area contributed by atoms with Crippen LogP contribution in [0.25, 0.3) is 0 Å². The zero-order valence-electron chi connectivity index (χ0n) is 48.1. The number of fused-ring (bicyclic) bond motifs is 6. The first-order valence-electron chi connectivity index (χ1n) is 26.8. The molecule has 0 spiro atoms. The number of anilines is 6. The van der Waals surface area contributed by atoms with Crippen molar-refractivity contribution in [3.8, 4) is 23.7 Å². The van der Waals surface area contributed by atoms with E-state index in [-0.39, 0.29) is 32.5 Å². The molecule has 0 unspecified atom stereocenters. The molecule has 0 amide bonds. The zero-order valence-corrected chi connectivity index (χ0v) is 50.6. The molecule has 3 heterocycles. The summed E-state index contributed by atoms with van der Waals surface area (Å²) in [4.78, 5) is 12.5. The third-order valence-electron chi connectivity index (χ3n) is 14.8. The van der Waals surface area contributed by atoms with Gasteiger partial charge in [0.15, 0.2) is 0 Å². The number of rotatable bonds is 2. The Hall–Kier alpha value is -5.11. The maximum absolute atomic E-state index is 4.05. The van der Waals surface area contributed by atoms with Crippen LogP contribution < -0.4 is 15.1 Å². The molecule has 0 fully saturated rings. The molecule has 0 aliphatic carbocycles. The second-order valence-corrected chi connectivity index (χ2v) is 30.1. The van der Waals surface area contributed by atoms with Crippen LogP contribution in [-0.2, 0) is 32.5 Å². The minimum atomic E-state index is -0.0897. The third-order valence-corrected chi connectivity index (χ3v) is 18.0. The zero-order chi connectivity index (χ0) is 53.8. The molecule has 6 aromatic rings. The smallest absolute Gasteiger partial charge is 0.0712 e. The molecule has 6 aromatic carbocycles. The van der Waals surface area contributed by atoms with E-state index in [0.29, 0.717) is 0 Å². The second-order valence-electron chi connectivity index (χ2n) is 26.8. The molecule has 0 saturated heterocycles. The highest BCUT2D eigenvalue weighted by Gasteiger charge is 2.33. The third kappa shape index (κ3) is 10.4. The van der Waals surface area contributed by atoms with Gasteiger partial charge in [-0.1, -0.05) is 196 Å². The van der Waals surface area contributed by atoms with E-state index in [1.165, 1.54) is 85.5 Å². The van der Waals surface area contributed by atoms with Gasteiger partial charge >= 0.3 is 0 Å². The van der Waals surface area contributed by atoms with E-state index >= 15 is 0 Å². The summed E-state index contributed by atoms with van der Waals surface area (Å²) in [5, 5.41) is 4.05. The van der Waals surface area contributed by atoms with Crippen molar-refractivity contribution in [3.05, 3.63) is 141 Å². The van der Waals surface area contributed by atoms with Crippen molar-refractivity contribution in [2.75, 3.05) is 28.2 Å². The predicted octanol–water partition coefficient (Wildman–Crippen LogP) is 19.7. The van der Waals surface area contributed by atoms with Gasteiger partial charge in [-0.05, 0) is 153 Å². The molecule has 1 N–H and O–H groups in total. The molecule has 0 radical (unpaired) electrons. The van der Waals surface area contributed by atoms with Crippen molar-refractivity contribution in [2.24, 2.45) is 0 Å². The van der Waals surface area contributed by atoms with E-state index in [1.807, 2.05) is 35.3 Å². The molecule has 3 nitrogen and oxygen atoms in total. The normalized spacial score (nSPS) is 14.3.